The minimum atomic E-state index is -0.845. The van der Waals surface area contributed by atoms with Crippen molar-refractivity contribution in [1.82, 2.24) is 0 Å². The number of thiophene rings is 1. The molecule has 272 valence electrons. The predicted octanol–water partition coefficient (Wildman–Crippen LogP) is 14.0. The number of fused-ring (bicyclic) bond motifs is 3. The van der Waals surface area contributed by atoms with Gasteiger partial charge in [-0.1, -0.05) is 159 Å². The molecule has 1 aromatic heterocycles. The maximum Gasteiger partial charge on any atom is 0.161 e. The first-order chi connectivity index (χ1) is 26.8. The summed E-state index contributed by atoms with van der Waals surface area (Å²) in [5.41, 5.74) is 9.76. The fourth-order valence-electron chi connectivity index (χ4n) is 6.67. The van der Waals surface area contributed by atoms with Gasteiger partial charge in [0.15, 0.2) is 11.7 Å². The van der Waals surface area contributed by atoms with E-state index in [1.54, 1.807) is 0 Å². The van der Waals surface area contributed by atoms with Crippen molar-refractivity contribution < 1.29 is 0 Å². The molecule has 0 atom stereocenters. The molecule has 8 aromatic rings. The summed E-state index contributed by atoms with van der Waals surface area (Å²) in [6.45, 7) is 4.00. The smallest absolute Gasteiger partial charge is 0.161 e. The Morgan fingerprint density at radius 2 is 1.09 bits per heavy atom. The summed E-state index contributed by atoms with van der Waals surface area (Å²) >= 11 is 1.85. The summed E-state index contributed by atoms with van der Waals surface area (Å²) < 4.78 is 2.46. The lowest BCUT2D eigenvalue weighted by Crippen LogP contribution is -2.04. The number of benzene rings is 7. The van der Waals surface area contributed by atoms with Crippen LogP contribution in [0, 0.1) is 5.41 Å². The minimum Gasteiger partial charge on any atom is -0.282 e. The van der Waals surface area contributed by atoms with Gasteiger partial charge in [0.1, 0.15) is 0 Å². The van der Waals surface area contributed by atoms with Gasteiger partial charge in [-0.25, -0.2) is 20.0 Å². The molecular weight excluding hydrogens is 707 g/mol. The van der Waals surface area contributed by atoms with Gasteiger partial charge in [0, 0.05) is 48.6 Å². The largest absolute Gasteiger partial charge is 0.282 e. The zero-order valence-electron chi connectivity index (χ0n) is 32.0. The number of aliphatic imine (C=N–C) groups is 2. The van der Waals surface area contributed by atoms with Crippen LogP contribution in [0.2, 0.25) is 0 Å². The van der Waals surface area contributed by atoms with Crippen LogP contribution >= 0.6 is 21.4 Å². The Kier molecular flexibility index (Phi) is 11.3. The lowest BCUT2D eigenvalue weighted by Gasteiger charge is -2.25. The molecule has 1 N–H and O–H groups in total. The number of nitrogens with zero attached hydrogens (tertiary/aromatic N) is 2. The number of amidine groups is 2. The standard InChI is InChI=1S/C48H39N3S2.C2H6/c1-53(2,3)40-27-24-35(25-28-40)41-29-26-38(32-50-48(37-22-14-7-15-23-37)51-47(49)36-20-12-6-13-21-36)44-43-31-39(33-16-8-4-9-17-33)30-42(45(43)52-46(41)44)34-18-10-5-11-19-34;1-2/h4-32,49H,1-3H3;1-2H3. The Morgan fingerprint density at radius 1 is 0.545 bits per heavy atom. The second kappa shape index (κ2) is 16.6. The van der Waals surface area contributed by atoms with Crippen LogP contribution in [0.15, 0.2) is 185 Å². The molecule has 1 heterocycles. The second-order valence-corrected chi connectivity index (χ2v) is 18.9. The van der Waals surface area contributed by atoms with Gasteiger partial charge in [-0.05, 0) is 75.7 Å². The minimum absolute atomic E-state index is 0.170. The highest BCUT2D eigenvalue weighted by atomic mass is 32.3. The normalized spacial score (nSPS) is 12.1. The third-order valence-electron chi connectivity index (χ3n) is 9.44. The number of hydrogen-bond acceptors (Lipinski definition) is 2. The SMILES string of the molecule is CC.CS(C)(C)c1ccc(-c2ccc(C=NC(=NC(=N)c3ccccc3)c3ccccc3)c3c2sc2c(-c4ccccc4)cc(-c4ccccc4)cc23)cc1. The molecule has 0 aliphatic heterocycles. The highest BCUT2D eigenvalue weighted by Crippen LogP contribution is 2.48. The monoisotopic (exact) mass is 751 g/mol. The van der Waals surface area contributed by atoms with Crippen molar-refractivity contribution in [2.75, 3.05) is 18.8 Å². The first-order valence-corrected chi connectivity index (χ1v) is 22.3. The van der Waals surface area contributed by atoms with Gasteiger partial charge < -0.3 is 0 Å². The molecular formula is C50H45N3S2. The van der Waals surface area contributed by atoms with E-state index in [2.05, 4.69) is 128 Å². The Morgan fingerprint density at radius 3 is 1.69 bits per heavy atom. The van der Waals surface area contributed by atoms with Gasteiger partial charge in [0.25, 0.3) is 0 Å². The average molecular weight is 752 g/mol. The molecule has 0 spiro atoms. The van der Waals surface area contributed by atoms with Crippen LogP contribution in [0.25, 0.3) is 53.6 Å². The van der Waals surface area contributed by atoms with E-state index in [4.69, 9.17) is 15.4 Å². The van der Waals surface area contributed by atoms with E-state index < -0.39 is 10.0 Å². The van der Waals surface area contributed by atoms with Gasteiger partial charge in [-0.2, -0.15) is 0 Å². The van der Waals surface area contributed by atoms with Gasteiger partial charge in [0.2, 0.25) is 0 Å². The third-order valence-corrected chi connectivity index (χ3v) is 12.4. The second-order valence-electron chi connectivity index (χ2n) is 13.8. The first-order valence-electron chi connectivity index (χ1n) is 18.6. The fourth-order valence-corrected chi connectivity index (χ4v) is 9.01. The summed E-state index contributed by atoms with van der Waals surface area (Å²) in [7, 11) is -0.845. The molecule has 0 aliphatic rings. The van der Waals surface area contributed by atoms with Crippen LogP contribution in [0.1, 0.15) is 30.5 Å². The van der Waals surface area contributed by atoms with Gasteiger partial charge >= 0.3 is 0 Å². The molecule has 0 unspecified atom stereocenters. The maximum absolute atomic E-state index is 8.84. The van der Waals surface area contributed by atoms with E-state index in [1.807, 2.05) is 92.1 Å². The van der Waals surface area contributed by atoms with E-state index >= 15 is 0 Å². The van der Waals surface area contributed by atoms with E-state index in [-0.39, 0.29) is 5.84 Å². The lowest BCUT2D eigenvalue weighted by atomic mass is 9.94. The van der Waals surface area contributed by atoms with E-state index in [0.29, 0.717) is 5.84 Å². The zero-order chi connectivity index (χ0) is 38.4. The molecule has 0 bridgehead atoms. The van der Waals surface area contributed by atoms with E-state index in [0.717, 1.165) is 22.1 Å². The molecule has 8 rings (SSSR count). The van der Waals surface area contributed by atoms with Crippen LogP contribution in [-0.4, -0.2) is 36.7 Å². The molecule has 0 saturated carbocycles. The first kappa shape index (κ1) is 37.4. The van der Waals surface area contributed by atoms with Gasteiger partial charge in [0.05, 0.1) is 0 Å². The summed E-state index contributed by atoms with van der Waals surface area (Å²) in [4.78, 5) is 11.2. The van der Waals surface area contributed by atoms with Crippen LogP contribution in [0.5, 0.6) is 0 Å². The Hall–Kier alpha value is -5.88. The van der Waals surface area contributed by atoms with Crippen molar-refractivity contribution in [3.63, 3.8) is 0 Å². The average Bonchev–Trinajstić information content (AvgIpc) is 3.63. The Bertz CT molecular complexity index is 2620. The summed E-state index contributed by atoms with van der Waals surface area (Å²) in [6, 6.07) is 59.2. The Balaban J connectivity index is 0.00000229. The van der Waals surface area contributed by atoms with Crippen molar-refractivity contribution >= 4 is 59.4 Å². The summed E-state index contributed by atoms with van der Waals surface area (Å²) in [5, 5.41) is 11.2. The summed E-state index contributed by atoms with van der Waals surface area (Å²) in [6.07, 6.45) is 8.95. The number of nitrogens with one attached hydrogen (secondary N) is 1. The molecule has 0 fully saturated rings. The maximum atomic E-state index is 8.84. The fraction of sp³-hybridized carbons (Fsp3) is 0.100. The van der Waals surface area contributed by atoms with Crippen LogP contribution in [0.4, 0.5) is 0 Å². The van der Waals surface area contributed by atoms with E-state index in [1.165, 1.54) is 53.1 Å². The van der Waals surface area contributed by atoms with Gasteiger partial charge in [-0.3, -0.25) is 5.41 Å². The molecule has 0 radical (unpaired) electrons. The lowest BCUT2D eigenvalue weighted by molar-refractivity contribution is 1.40. The van der Waals surface area contributed by atoms with Crippen molar-refractivity contribution in [3.05, 3.63) is 187 Å². The molecule has 3 nitrogen and oxygen atoms in total. The number of rotatable bonds is 7. The number of hydrogen-bond donors (Lipinski definition) is 1. The molecule has 7 aromatic carbocycles. The van der Waals surface area contributed by atoms with Crippen molar-refractivity contribution in [3.8, 4) is 33.4 Å². The third kappa shape index (κ3) is 8.14. The van der Waals surface area contributed by atoms with Crippen molar-refractivity contribution in [2.24, 2.45) is 9.98 Å². The highest BCUT2D eigenvalue weighted by Gasteiger charge is 2.19. The van der Waals surface area contributed by atoms with Crippen LogP contribution < -0.4 is 0 Å². The van der Waals surface area contributed by atoms with E-state index in [9.17, 15) is 0 Å². The van der Waals surface area contributed by atoms with Gasteiger partial charge in [-0.15, -0.1) is 11.3 Å². The zero-order valence-corrected chi connectivity index (χ0v) is 33.6. The topological polar surface area (TPSA) is 48.6 Å². The molecule has 55 heavy (non-hydrogen) atoms. The highest BCUT2D eigenvalue weighted by molar-refractivity contribution is 8.32. The van der Waals surface area contributed by atoms with Crippen LogP contribution in [0.3, 0.4) is 0 Å². The predicted molar refractivity (Wildman–Crippen MR) is 244 cm³/mol. The summed E-state index contributed by atoms with van der Waals surface area (Å²) in [5.74, 6) is 0.662. The quantitative estimate of drug-likeness (QED) is 0.125. The Labute approximate surface area is 330 Å². The van der Waals surface area contributed by atoms with Crippen molar-refractivity contribution in [2.45, 2.75) is 18.7 Å². The molecule has 0 amide bonds. The van der Waals surface area contributed by atoms with Crippen molar-refractivity contribution in [1.29, 1.82) is 5.41 Å². The van der Waals surface area contributed by atoms with Crippen LogP contribution in [-0.2, 0) is 0 Å². The molecule has 0 aliphatic carbocycles. The molecule has 5 heteroatoms. The molecule has 0 saturated heterocycles.